The summed E-state index contributed by atoms with van der Waals surface area (Å²) in [6.07, 6.45) is 3.52. The minimum atomic E-state index is -0.386. The summed E-state index contributed by atoms with van der Waals surface area (Å²) in [5.74, 6) is 0.572. The molecule has 0 unspecified atom stereocenters. The van der Waals surface area contributed by atoms with Gasteiger partial charge >= 0.3 is 0 Å². The first-order valence-corrected chi connectivity index (χ1v) is 8.64. The van der Waals surface area contributed by atoms with E-state index in [1.807, 2.05) is 43.3 Å². The minimum Gasteiger partial charge on any atom is -0.497 e. The van der Waals surface area contributed by atoms with Crippen molar-refractivity contribution in [1.29, 1.82) is 0 Å². The van der Waals surface area contributed by atoms with Crippen LogP contribution in [0.25, 0.3) is 10.9 Å². The van der Waals surface area contributed by atoms with E-state index in [1.165, 1.54) is 0 Å². The Bertz CT molecular complexity index is 1010. The minimum absolute atomic E-state index is 0.0987. The standard InChI is InChI=1S/C21H21N3O2/c1-13-5-6-15(26-2)12-17(13)20(25)24-21(7-8-21)18-10-14(22)11-19-16(18)4-3-9-23-19/h3-6,9-12H,7-8,22H2,1-2H3,(H,24,25). The third-order valence-corrected chi connectivity index (χ3v) is 5.05. The maximum absolute atomic E-state index is 13.0. The van der Waals surface area contributed by atoms with Crippen LogP contribution in [-0.2, 0) is 5.54 Å². The number of carbonyl (C=O) groups excluding carboxylic acids is 1. The molecule has 0 radical (unpaired) electrons. The summed E-state index contributed by atoms with van der Waals surface area (Å²) in [7, 11) is 1.60. The molecule has 4 rings (SSSR count). The van der Waals surface area contributed by atoms with Crippen molar-refractivity contribution in [2.75, 3.05) is 12.8 Å². The normalized spacial score (nSPS) is 14.8. The number of nitrogens with one attached hydrogen (secondary N) is 1. The molecule has 2 aromatic carbocycles. The van der Waals surface area contributed by atoms with Gasteiger partial charge in [0.2, 0.25) is 0 Å². The van der Waals surface area contributed by atoms with Crippen LogP contribution in [0.1, 0.15) is 34.3 Å². The molecule has 1 heterocycles. The maximum atomic E-state index is 13.0. The van der Waals surface area contributed by atoms with Crippen LogP contribution < -0.4 is 15.8 Å². The smallest absolute Gasteiger partial charge is 0.252 e. The van der Waals surface area contributed by atoms with Crippen LogP contribution in [-0.4, -0.2) is 18.0 Å². The number of methoxy groups -OCH3 is 1. The van der Waals surface area contributed by atoms with Gasteiger partial charge in [0.25, 0.3) is 5.91 Å². The van der Waals surface area contributed by atoms with E-state index >= 15 is 0 Å². The van der Waals surface area contributed by atoms with E-state index in [0.717, 1.165) is 34.9 Å². The number of hydrogen-bond donors (Lipinski definition) is 2. The molecule has 1 aliphatic carbocycles. The Morgan fingerprint density at radius 2 is 2.04 bits per heavy atom. The first kappa shape index (κ1) is 16.4. The van der Waals surface area contributed by atoms with Crippen LogP contribution in [0.3, 0.4) is 0 Å². The van der Waals surface area contributed by atoms with E-state index in [2.05, 4.69) is 10.3 Å². The van der Waals surface area contributed by atoms with E-state index in [0.29, 0.717) is 17.0 Å². The van der Waals surface area contributed by atoms with Gasteiger partial charge in [0.1, 0.15) is 5.75 Å². The molecular weight excluding hydrogens is 326 g/mol. The van der Waals surface area contributed by atoms with Gasteiger partial charge in [-0.1, -0.05) is 12.1 Å². The van der Waals surface area contributed by atoms with Crippen molar-refractivity contribution < 1.29 is 9.53 Å². The lowest BCUT2D eigenvalue weighted by Crippen LogP contribution is -2.35. The van der Waals surface area contributed by atoms with Crippen LogP contribution in [0.2, 0.25) is 0 Å². The van der Waals surface area contributed by atoms with Gasteiger partial charge in [-0.3, -0.25) is 9.78 Å². The monoisotopic (exact) mass is 347 g/mol. The lowest BCUT2D eigenvalue weighted by atomic mass is 9.97. The Morgan fingerprint density at radius 1 is 1.23 bits per heavy atom. The van der Waals surface area contributed by atoms with Crippen LogP contribution in [0, 0.1) is 6.92 Å². The molecule has 1 saturated carbocycles. The molecule has 5 nitrogen and oxygen atoms in total. The number of nitrogens with zero attached hydrogens (tertiary/aromatic N) is 1. The van der Waals surface area contributed by atoms with Gasteiger partial charge in [-0.15, -0.1) is 0 Å². The van der Waals surface area contributed by atoms with Crippen molar-refractivity contribution >= 4 is 22.5 Å². The maximum Gasteiger partial charge on any atom is 0.252 e. The number of benzene rings is 2. The number of aromatic nitrogens is 1. The summed E-state index contributed by atoms with van der Waals surface area (Å²) in [4.78, 5) is 17.4. The van der Waals surface area contributed by atoms with Crippen molar-refractivity contribution in [3.05, 3.63) is 65.4 Å². The second-order valence-electron chi connectivity index (χ2n) is 6.86. The van der Waals surface area contributed by atoms with Gasteiger partial charge in [0.15, 0.2) is 0 Å². The topological polar surface area (TPSA) is 77.2 Å². The van der Waals surface area contributed by atoms with E-state index in [9.17, 15) is 4.79 Å². The van der Waals surface area contributed by atoms with Crippen molar-refractivity contribution in [1.82, 2.24) is 10.3 Å². The molecule has 1 aliphatic rings. The van der Waals surface area contributed by atoms with Gasteiger partial charge in [-0.25, -0.2) is 0 Å². The quantitative estimate of drug-likeness (QED) is 0.708. The highest BCUT2D eigenvalue weighted by molar-refractivity contribution is 5.97. The summed E-state index contributed by atoms with van der Waals surface area (Å²) in [5.41, 5.74) is 9.78. The summed E-state index contributed by atoms with van der Waals surface area (Å²) in [6, 6.07) is 13.3. The molecule has 132 valence electrons. The summed E-state index contributed by atoms with van der Waals surface area (Å²) >= 11 is 0. The third-order valence-electron chi connectivity index (χ3n) is 5.05. The van der Waals surface area contributed by atoms with Crippen LogP contribution >= 0.6 is 0 Å². The van der Waals surface area contributed by atoms with Crippen LogP contribution in [0.15, 0.2) is 48.7 Å². The Labute approximate surface area is 152 Å². The largest absolute Gasteiger partial charge is 0.497 e. The van der Waals surface area contributed by atoms with Gasteiger partial charge in [-0.2, -0.15) is 0 Å². The predicted octanol–water partition coefficient (Wildman–Crippen LogP) is 3.55. The number of aryl methyl sites for hydroxylation is 1. The highest BCUT2D eigenvalue weighted by Crippen LogP contribution is 2.48. The molecule has 5 heteroatoms. The Hall–Kier alpha value is -3.08. The third kappa shape index (κ3) is 2.75. The number of carbonyl (C=O) groups is 1. The van der Waals surface area contributed by atoms with E-state index in [4.69, 9.17) is 10.5 Å². The number of nitrogen functional groups attached to an aromatic ring is 1. The first-order chi connectivity index (χ1) is 12.5. The molecule has 1 aromatic heterocycles. The second kappa shape index (κ2) is 6.02. The fraction of sp³-hybridized carbons (Fsp3) is 0.238. The lowest BCUT2D eigenvalue weighted by molar-refractivity contribution is 0.0930. The zero-order valence-electron chi connectivity index (χ0n) is 14.9. The van der Waals surface area contributed by atoms with E-state index in [-0.39, 0.29) is 11.4 Å². The molecule has 3 aromatic rings. The highest BCUT2D eigenvalue weighted by atomic mass is 16.5. The lowest BCUT2D eigenvalue weighted by Gasteiger charge is -2.21. The predicted molar refractivity (Wildman–Crippen MR) is 102 cm³/mol. The fourth-order valence-corrected chi connectivity index (χ4v) is 3.44. The number of rotatable bonds is 4. The van der Waals surface area contributed by atoms with Crippen LogP contribution in [0.4, 0.5) is 5.69 Å². The van der Waals surface area contributed by atoms with E-state index in [1.54, 1.807) is 19.4 Å². The van der Waals surface area contributed by atoms with Crippen molar-refractivity contribution in [3.63, 3.8) is 0 Å². The summed E-state index contributed by atoms with van der Waals surface area (Å²) in [5, 5.41) is 4.26. The number of ether oxygens (including phenoxy) is 1. The summed E-state index contributed by atoms with van der Waals surface area (Å²) in [6.45, 7) is 1.92. The zero-order chi connectivity index (χ0) is 18.3. The highest BCUT2D eigenvalue weighted by Gasteiger charge is 2.47. The number of fused-ring (bicyclic) bond motifs is 1. The van der Waals surface area contributed by atoms with Crippen molar-refractivity contribution in [2.45, 2.75) is 25.3 Å². The van der Waals surface area contributed by atoms with Gasteiger partial charge in [-0.05, 0) is 61.2 Å². The molecule has 3 N–H and O–H groups in total. The van der Waals surface area contributed by atoms with Crippen molar-refractivity contribution in [2.24, 2.45) is 0 Å². The van der Waals surface area contributed by atoms with Gasteiger partial charge in [0.05, 0.1) is 18.2 Å². The molecule has 26 heavy (non-hydrogen) atoms. The average molecular weight is 347 g/mol. The molecule has 0 bridgehead atoms. The number of hydrogen-bond acceptors (Lipinski definition) is 4. The average Bonchev–Trinajstić information content (AvgIpc) is 3.41. The number of nitrogens with two attached hydrogens (primary N) is 1. The molecule has 0 spiro atoms. The Balaban J connectivity index is 1.72. The fourth-order valence-electron chi connectivity index (χ4n) is 3.44. The van der Waals surface area contributed by atoms with Crippen molar-refractivity contribution in [3.8, 4) is 5.75 Å². The Morgan fingerprint density at radius 3 is 2.77 bits per heavy atom. The molecule has 1 amide bonds. The van der Waals surface area contributed by atoms with Crippen LogP contribution in [0.5, 0.6) is 5.75 Å². The molecule has 1 fully saturated rings. The van der Waals surface area contributed by atoms with E-state index < -0.39 is 0 Å². The summed E-state index contributed by atoms with van der Waals surface area (Å²) < 4.78 is 5.26. The molecule has 0 saturated heterocycles. The Kier molecular flexibility index (Phi) is 3.80. The molecule has 0 atom stereocenters. The molecular formula is C21H21N3O2. The number of amides is 1. The number of anilines is 1. The number of pyridine rings is 1. The zero-order valence-corrected chi connectivity index (χ0v) is 14.9. The first-order valence-electron chi connectivity index (χ1n) is 8.64. The van der Waals surface area contributed by atoms with Gasteiger partial charge in [0, 0.05) is 22.8 Å². The van der Waals surface area contributed by atoms with Gasteiger partial charge < -0.3 is 15.8 Å². The SMILES string of the molecule is COc1ccc(C)c(C(=O)NC2(c3cc(N)cc4ncccc34)CC2)c1. The second-order valence-corrected chi connectivity index (χ2v) is 6.86. The molecule has 0 aliphatic heterocycles.